The van der Waals surface area contributed by atoms with Crippen LogP contribution in [-0.2, 0) is 11.2 Å². The first kappa shape index (κ1) is 8.78. The zero-order valence-corrected chi connectivity index (χ0v) is 7.66. The van der Waals surface area contributed by atoms with E-state index in [0.29, 0.717) is 6.61 Å². The van der Waals surface area contributed by atoms with E-state index in [1.807, 2.05) is 12.1 Å². The molecular formula is C10H15NO2. The maximum Gasteiger partial charge on any atom is 0.105 e. The van der Waals surface area contributed by atoms with E-state index in [-0.39, 0.29) is 5.54 Å². The maximum absolute atomic E-state index is 6.17. The van der Waals surface area contributed by atoms with E-state index in [0.717, 1.165) is 31.6 Å². The molecule has 1 unspecified atom stereocenters. The summed E-state index contributed by atoms with van der Waals surface area (Å²) in [6, 6.07) is 3.85. The van der Waals surface area contributed by atoms with Crippen LogP contribution < -0.4 is 5.73 Å². The first-order valence-electron chi connectivity index (χ1n) is 4.68. The van der Waals surface area contributed by atoms with Crippen molar-refractivity contribution < 1.29 is 9.15 Å². The molecule has 1 aliphatic heterocycles. The number of hydrogen-bond acceptors (Lipinski definition) is 3. The van der Waals surface area contributed by atoms with Gasteiger partial charge in [-0.05, 0) is 25.0 Å². The largest absolute Gasteiger partial charge is 0.469 e. The lowest BCUT2D eigenvalue weighted by atomic mass is 9.89. The molecular weight excluding hydrogens is 166 g/mol. The van der Waals surface area contributed by atoms with E-state index >= 15 is 0 Å². The minimum atomic E-state index is -0.212. The standard InChI is InChI=1S/C10H15NO2/c11-10(4-2-5-12-8-10)7-9-3-1-6-13-9/h1,3,6H,2,4-5,7-8,11H2. The van der Waals surface area contributed by atoms with Crippen LogP contribution in [-0.4, -0.2) is 18.8 Å². The van der Waals surface area contributed by atoms with Crippen LogP contribution in [0.3, 0.4) is 0 Å². The van der Waals surface area contributed by atoms with E-state index in [1.54, 1.807) is 6.26 Å². The van der Waals surface area contributed by atoms with Gasteiger partial charge < -0.3 is 14.9 Å². The fourth-order valence-electron chi connectivity index (χ4n) is 1.77. The quantitative estimate of drug-likeness (QED) is 0.748. The molecule has 0 bridgehead atoms. The minimum Gasteiger partial charge on any atom is -0.469 e. The third-order valence-electron chi connectivity index (χ3n) is 2.46. The van der Waals surface area contributed by atoms with E-state index in [2.05, 4.69) is 0 Å². The summed E-state index contributed by atoms with van der Waals surface area (Å²) in [6.45, 7) is 1.49. The van der Waals surface area contributed by atoms with Gasteiger partial charge in [0.15, 0.2) is 0 Å². The smallest absolute Gasteiger partial charge is 0.105 e. The van der Waals surface area contributed by atoms with Crippen molar-refractivity contribution in [2.24, 2.45) is 5.73 Å². The normalized spacial score (nSPS) is 29.0. The Kier molecular flexibility index (Phi) is 2.38. The first-order valence-corrected chi connectivity index (χ1v) is 4.68. The van der Waals surface area contributed by atoms with Crippen molar-refractivity contribution in [3.8, 4) is 0 Å². The minimum absolute atomic E-state index is 0.212. The highest BCUT2D eigenvalue weighted by Gasteiger charge is 2.29. The van der Waals surface area contributed by atoms with Crippen LogP contribution in [0.2, 0.25) is 0 Å². The molecule has 0 aliphatic carbocycles. The van der Waals surface area contributed by atoms with Gasteiger partial charge >= 0.3 is 0 Å². The molecule has 1 aliphatic rings. The van der Waals surface area contributed by atoms with Gasteiger partial charge in [0.1, 0.15) is 5.76 Å². The van der Waals surface area contributed by atoms with Gasteiger partial charge in [-0.2, -0.15) is 0 Å². The van der Waals surface area contributed by atoms with Gasteiger partial charge in [0.05, 0.1) is 12.9 Å². The van der Waals surface area contributed by atoms with Crippen LogP contribution in [0.1, 0.15) is 18.6 Å². The molecule has 72 valence electrons. The lowest BCUT2D eigenvalue weighted by Gasteiger charge is -2.32. The van der Waals surface area contributed by atoms with Crippen LogP contribution in [0.4, 0.5) is 0 Å². The molecule has 2 N–H and O–H groups in total. The molecule has 0 radical (unpaired) electrons. The van der Waals surface area contributed by atoms with Crippen LogP contribution in [0.5, 0.6) is 0 Å². The van der Waals surface area contributed by atoms with Gasteiger partial charge in [0, 0.05) is 18.6 Å². The Morgan fingerprint density at radius 2 is 2.46 bits per heavy atom. The Hall–Kier alpha value is -0.800. The second-order valence-electron chi connectivity index (χ2n) is 3.77. The van der Waals surface area contributed by atoms with Gasteiger partial charge in [-0.3, -0.25) is 0 Å². The van der Waals surface area contributed by atoms with Gasteiger partial charge in [-0.1, -0.05) is 0 Å². The predicted octanol–water partition coefficient (Wildman–Crippen LogP) is 1.33. The summed E-state index contributed by atoms with van der Waals surface area (Å²) in [4.78, 5) is 0. The second-order valence-corrected chi connectivity index (χ2v) is 3.77. The van der Waals surface area contributed by atoms with E-state index in [4.69, 9.17) is 14.9 Å². The molecule has 0 amide bonds. The van der Waals surface area contributed by atoms with Crippen LogP contribution >= 0.6 is 0 Å². The van der Waals surface area contributed by atoms with Gasteiger partial charge in [-0.25, -0.2) is 0 Å². The molecule has 13 heavy (non-hydrogen) atoms. The van der Waals surface area contributed by atoms with Crippen LogP contribution in [0.25, 0.3) is 0 Å². The van der Waals surface area contributed by atoms with E-state index in [9.17, 15) is 0 Å². The Morgan fingerprint density at radius 3 is 3.08 bits per heavy atom. The number of ether oxygens (including phenoxy) is 1. The molecule has 1 fully saturated rings. The predicted molar refractivity (Wildman–Crippen MR) is 49.4 cm³/mol. The Morgan fingerprint density at radius 1 is 1.54 bits per heavy atom. The Balaban J connectivity index is 1.99. The van der Waals surface area contributed by atoms with Crippen molar-refractivity contribution in [1.29, 1.82) is 0 Å². The molecule has 1 atom stereocenters. The van der Waals surface area contributed by atoms with Crippen molar-refractivity contribution in [3.63, 3.8) is 0 Å². The van der Waals surface area contributed by atoms with Crippen molar-refractivity contribution >= 4 is 0 Å². The van der Waals surface area contributed by atoms with Gasteiger partial charge in [0.2, 0.25) is 0 Å². The molecule has 1 aromatic heterocycles. The highest BCUT2D eigenvalue weighted by molar-refractivity contribution is 5.05. The summed E-state index contributed by atoms with van der Waals surface area (Å²) < 4.78 is 10.6. The van der Waals surface area contributed by atoms with Crippen LogP contribution in [0.15, 0.2) is 22.8 Å². The summed E-state index contributed by atoms with van der Waals surface area (Å²) in [6.07, 6.45) is 4.54. The van der Waals surface area contributed by atoms with Gasteiger partial charge in [0.25, 0.3) is 0 Å². The summed E-state index contributed by atoms with van der Waals surface area (Å²) in [5, 5.41) is 0. The summed E-state index contributed by atoms with van der Waals surface area (Å²) in [5.74, 6) is 0.952. The first-order chi connectivity index (χ1) is 6.29. The molecule has 3 nitrogen and oxygen atoms in total. The highest BCUT2D eigenvalue weighted by Crippen LogP contribution is 2.21. The summed E-state index contributed by atoms with van der Waals surface area (Å²) >= 11 is 0. The molecule has 0 saturated carbocycles. The molecule has 1 saturated heterocycles. The molecule has 3 heteroatoms. The Bertz CT molecular complexity index is 250. The van der Waals surface area contributed by atoms with E-state index < -0.39 is 0 Å². The molecule has 2 rings (SSSR count). The number of furan rings is 1. The third-order valence-corrected chi connectivity index (χ3v) is 2.46. The molecule has 1 aromatic rings. The van der Waals surface area contributed by atoms with Crippen molar-refractivity contribution in [1.82, 2.24) is 0 Å². The third kappa shape index (κ3) is 2.11. The topological polar surface area (TPSA) is 48.4 Å². The fourth-order valence-corrected chi connectivity index (χ4v) is 1.77. The van der Waals surface area contributed by atoms with Crippen molar-refractivity contribution in [3.05, 3.63) is 24.2 Å². The zero-order valence-electron chi connectivity index (χ0n) is 7.66. The van der Waals surface area contributed by atoms with Crippen molar-refractivity contribution in [2.45, 2.75) is 24.8 Å². The lowest BCUT2D eigenvalue weighted by Crippen LogP contribution is -2.49. The highest BCUT2D eigenvalue weighted by atomic mass is 16.5. The summed E-state index contributed by atoms with van der Waals surface area (Å²) in [5.41, 5.74) is 5.95. The average Bonchev–Trinajstić information content (AvgIpc) is 2.57. The number of hydrogen-bond donors (Lipinski definition) is 1. The second kappa shape index (κ2) is 3.52. The van der Waals surface area contributed by atoms with Crippen LogP contribution in [0, 0.1) is 0 Å². The lowest BCUT2D eigenvalue weighted by molar-refractivity contribution is 0.0362. The monoisotopic (exact) mass is 181 g/mol. The van der Waals surface area contributed by atoms with E-state index in [1.165, 1.54) is 0 Å². The number of rotatable bonds is 2. The zero-order chi connectivity index (χ0) is 9.15. The summed E-state index contributed by atoms with van der Waals surface area (Å²) in [7, 11) is 0. The SMILES string of the molecule is NC1(Cc2ccco2)CCCOC1. The fraction of sp³-hybridized carbons (Fsp3) is 0.600. The number of nitrogens with two attached hydrogens (primary N) is 1. The molecule has 0 aromatic carbocycles. The Labute approximate surface area is 77.9 Å². The molecule has 0 spiro atoms. The maximum atomic E-state index is 6.17. The average molecular weight is 181 g/mol. The van der Waals surface area contributed by atoms with Gasteiger partial charge in [-0.15, -0.1) is 0 Å². The van der Waals surface area contributed by atoms with Crippen molar-refractivity contribution in [2.75, 3.05) is 13.2 Å². The molecule has 2 heterocycles.